The summed E-state index contributed by atoms with van der Waals surface area (Å²) >= 11 is 3.24. The van der Waals surface area contributed by atoms with Crippen molar-refractivity contribution in [2.45, 2.75) is 13.0 Å². The van der Waals surface area contributed by atoms with Crippen LogP contribution in [0.2, 0.25) is 0 Å². The second kappa shape index (κ2) is 5.60. The zero-order chi connectivity index (χ0) is 13.9. The van der Waals surface area contributed by atoms with Gasteiger partial charge in [-0.15, -0.1) is 11.3 Å². The highest BCUT2D eigenvalue weighted by Gasteiger charge is 2.21. The molecule has 20 heavy (non-hydrogen) atoms. The van der Waals surface area contributed by atoms with Crippen molar-refractivity contribution in [1.82, 2.24) is 10.5 Å². The smallest absolute Gasteiger partial charge is 0.257 e. The molecule has 102 valence electrons. The third-order valence-corrected chi connectivity index (χ3v) is 4.61. The van der Waals surface area contributed by atoms with Gasteiger partial charge in [0, 0.05) is 4.88 Å². The second-order valence-electron chi connectivity index (χ2n) is 4.27. The molecule has 0 spiro atoms. The molecule has 1 atom stereocenters. The first-order chi connectivity index (χ1) is 9.75. The van der Waals surface area contributed by atoms with Gasteiger partial charge in [0.2, 0.25) is 0 Å². The fraction of sp³-hybridized carbons (Fsp3) is 0.143. The standard InChI is InChI=1S/C14H12N2O2S2/c1-9-11(7-15-18-9)14(17)16-13(10-4-6-19-8-10)12-3-2-5-20-12/h2-8,13H,1H3,(H,16,17). The van der Waals surface area contributed by atoms with Gasteiger partial charge >= 0.3 is 0 Å². The van der Waals surface area contributed by atoms with Crippen molar-refractivity contribution >= 4 is 28.6 Å². The average molecular weight is 304 g/mol. The minimum atomic E-state index is -0.173. The second-order valence-corrected chi connectivity index (χ2v) is 6.03. The molecule has 3 aromatic heterocycles. The van der Waals surface area contributed by atoms with Gasteiger partial charge < -0.3 is 9.84 Å². The number of thiophene rings is 2. The lowest BCUT2D eigenvalue weighted by Crippen LogP contribution is -2.28. The molecule has 0 saturated carbocycles. The van der Waals surface area contributed by atoms with E-state index in [0.717, 1.165) is 10.4 Å². The Labute approximate surface area is 124 Å². The van der Waals surface area contributed by atoms with Gasteiger partial charge in [0.1, 0.15) is 11.3 Å². The van der Waals surface area contributed by atoms with Crippen molar-refractivity contribution in [2.24, 2.45) is 0 Å². The van der Waals surface area contributed by atoms with Crippen LogP contribution >= 0.6 is 22.7 Å². The number of carbonyl (C=O) groups is 1. The van der Waals surface area contributed by atoms with Crippen LogP contribution in [-0.4, -0.2) is 11.1 Å². The highest BCUT2D eigenvalue weighted by Crippen LogP contribution is 2.28. The number of amides is 1. The van der Waals surface area contributed by atoms with Crippen LogP contribution in [0.25, 0.3) is 0 Å². The summed E-state index contributed by atoms with van der Waals surface area (Å²) in [7, 11) is 0. The monoisotopic (exact) mass is 304 g/mol. The van der Waals surface area contributed by atoms with Crippen molar-refractivity contribution in [3.63, 3.8) is 0 Å². The van der Waals surface area contributed by atoms with Gasteiger partial charge in [0.25, 0.3) is 5.91 Å². The lowest BCUT2D eigenvalue weighted by molar-refractivity contribution is 0.0942. The SMILES string of the molecule is Cc1oncc1C(=O)NC(c1ccsc1)c1cccs1. The molecule has 0 aliphatic rings. The number of rotatable bonds is 4. The number of nitrogens with zero attached hydrogens (tertiary/aromatic N) is 1. The van der Waals surface area contributed by atoms with Crippen LogP contribution in [0, 0.1) is 6.92 Å². The summed E-state index contributed by atoms with van der Waals surface area (Å²) < 4.78 is 4.94. The van der Waals surface area contributed by atoms with Crippen molar-refractivity contribution in [3.05, 3.63) is 62.3 Å². The fourth-order valence-electron chi connectivity index (χ4n) is 1.94. The Morgan fingerprint density at radius 1 is 1.40 bits per heavy atom. The molecule has 3 aromatic rings. The molecule has 3 rings (SSSR count). The van der Waals surface area contributed by atoms with E-state index in [0.29, 0.717) is 11.3 Å². The van der Waals surface area contributed by atoms with E-state index in [4.69, 9.17) is 4.52 Å². The summed E-state index contributed by atoms with van der Waals surface area (Å²) in [6, 6.07) is 5.89. The normalized spacial score (nSPS) is 12.2. The largest absolute Gasteiger partial charge is 0.361 e. The molecule has 0 fully saturated rings. The van der Waals surface area contributed by atoms with Crippen molar-refractivity contribution in [3.8, 4) is 0 Å². The van der Waals surface area contributed by atoms with E-state index in [1.807, 2.05) is 34.3 Å². The number of aromatic nitrogens is 1. The van der Waals surface area contributed by atoms with Crippen molar-refractivity contribution < 1.29 is 9.32 Å². The lowest BCUT2D eigenvalue weighted by Gasteiger charge is -2.16. The Kier molecular flexibility index (Phi) is 3.66. The summed E-state index contributed by atoms with van der Waals surface area (Å²) in [4.78, 5) is 13.4. The molecular weight excluding hydrogens is 292 g/mol. The quantitative estimate of drug-likeness (QED) is 0.801. The fourth-order valence-corrected chi connectivity index (χ4v) is 3.43. The number of carbonyl (C=O) groups excluding carboxylic acids is 1. The van der Waals surface area contributed by atoms with Crippen LogP contribution in [0.1, 0.15) is 32.6 Å². The van der Waals surface area contributed by atoms with E-state index < -0.39 is 0 Å². The van der Waals surface area contributed by atoms with E-state index in [-0.39, 0.29) is 11.9 Å². The van der Waals surface area contributed by atoms with Crippen LogP contribution in [0.15, 0.2) is 45.1 Å². The number of hydrogen-bond acceptors (Lipinski definition) is 5. The van der Waals surface area contributed by atoms with Crippen LogP contribution in [0.4, 0.5) is 0 Å². The van der Waals surface area contributed by atoms with E-state index >= 15 is 0 Å². The summed E-state index contributed by atoms with van der Waals surface area (Å²) in [6.07, 6.45) is 1.45. The maximum Gasteiger partial charge on any atom is 0.257 e. The predicted octanol–water partition coefficient (Wildman–Crippen LogP) is 3.63. The third-order valence-electron chi connectivity index (χ3n) is 2.98. The molecule has 1 amide bonds. The highest BCUT2D eigenvalue weighted by atomic mass is 32.1. The first-order valence-corrected chi connectivity index (χ1v) is 7.85. The first kappa shape index (κ1) is 13.1. The highest BCUT2D eigenvalue weighted by molar-refractivity contribution is 7.10. The summed E-state index contributed by atoms with van der Waals surface area (Å²) in [5.74, 6) is 0.353. The maximum absolute atomic E-state index is 12.3. The molecule has 6 heteroatoms. The lowest BCUT2D eigenvalue weighted by atomic mass is 10.1. The molecule has 0 saturated heterocycles. The Morgan fingerprint density at radius 2 is 2.30 bits per heavy atom. The van der Waals surface area contributed by atoms with E-state index in [1.54, 1.807) is 29.6 Å². The predicted molar refractivity (Wildman–Crippen MR) is 79.2 cm³/mol. The Morgan fingerprint density at radius 3 is 2.90 bits per heavy atom. The molecule has 1 N–H and O–H groups in total. The zero-order valence-electron chi connectivity index (χ0n) is 10.7. The van der Waals surface area contributed by atoms with Gasteiger partial charge in [-0.2, -0.15) is 11.3 Å². The molecule has 0 aliphatic heterocycles. The average Bonchev–Trinajstić information content (AvgIpc) is 3.18. The number of hydrogen-bond donors (Lipinski definition) is 1. The van der Waals surface area contributed by atoms with Gasteiger partial charge in [0.05, 0.1) is 12.2 Å². The molecule has 0 radical (unpaired) electrons. The molecule has 0 aromatic carbocycles. The molecule has 3 heterocycles. The van der Waals surface area contributed by atoms with Crippen LogP contribution < -0.4 is 5.32 Å². The van der Waals surface area contributed by atoms with Gasteiger partial charge in [-0.3, -0.25) is 4.79 Å². The summed E-state index contributed by atoms with van der Waals surface area (Å²) in [5, 5.41) is 12.7. The number of nitrogens with one attached hydrogen (secondary N) is 1. The zero-order valence-corrected chi connectivity index (χ0v) is 12.3. The molecule has 1 unspecified atom stereocenters. The van der Waals surface area contributed by atoms with Crippen LogP contribution in [0.5, 0.6) is 0 Å². The molecule has 4 nitrogen and oxygen atoms in total. The summed E-state index contributed by atoms with van der Waals surface area (Å²) in [6.45, 7) is 1.73. The van der Waals surface area contributed by atoms with Crippen molar-refractivity contribution in [1.29, 1.82) is 0 Å². The van der Waals surface area contributed by atoms with E-state index in [9.17, 15) is 4.79 Å². The van der Waals surface area contributed by atoms with Crippen LogP contribution in [0.3, 0.4) is 0 Å². The minimum Gasteiger partial charge on any atom is -0.361 e. The third kappa shape index (κ3) is 2.52. The topological polar surface area (TPSA) is 55.1 Å². The summed E-state index contributed by atoms with van der Waals surface area (Å²) in [5.41, 5.74) is 1.56. The van der Waals surface area contributed by atoms with Gasteiger partial charge in [-0.1, -0.05) is 11.2 Å². The Bertz CT molecular complexity index is 652. The van der Waals surface area contributed by atoms with Gasteiger partial charge in [-0.05, 0) is 40.8 Å². The number of aryl methyl sites for hydroxylation is 1. The van der Waals surface area contributed by atoms with Gasteiger partial charge in [-0.25, -0.2) is 0 Å². The minimum absolute atomic E-state index is 0.136. The first-order valence-electron chi connectivity index (χ1n) is 6.03. The Balaban J connectivity index is 1.88. The maximum atomic E-state index is 12.3. The van der Waals surface area contributed by atoms with E-state index in [2.05, 4.69) is 10.5 Å². The van der Waals surface area contributed by atoms with Crippen molar-refractivity contribution in [2.75, 3.05) is 0 Å². The molecular formula is C14H12N2O2S2. The molecule has 0 bridgehead atoms. The van der Waals surface area contributed by atoms with E-state index in [1.165, 1.54) is 6.20 Å². The van der Waals surface area contributed by atoms with Gasteiger partial charge in [0.15, 0.2) is 0 Å². The van der Waals surface area contributed by atoms with Crippen LogP contribution in [-0.2, 0) is 0 Å². The molecule has 0 aliphatic carbocycles. The Hall–Kier alpha value is -1.92.